The molecule has 0 fully saturated rings. The zero-order valence-electron chi connectivity index (χ0n) is 8.84. The van der Waals surface area contributed by atoms with Crippen LogP contribution in [0.5, 0.6) is 5.75 Å². The van der Waals surface area contributed by atoms with Crippen molar-refractivity contribution in [1.29, 1.82) is 0 Å². The Morgan fingerprint density at radius 3 is 2.93 bits per heavy atom. The number of benzene rings is 1. The van der Waals surface area contributed by atoms with Crippen molar-refractivity contribution >= 4 is 0 Å². The van der Waals surface area contributed by atoms with Crippen molar-refractivity contribution < 1.29 is 4.74 Å². The van der Waals surface area contributed by atoms with Crippen LogP contribution >= 0.6 is 0 Å². The molecule has 1 heterocycles. The van der Waals surface area contributed by atoms with E-state index in [9.17, 15) is 0 Å². The van der Waals surface area contributed by atoms with E-state index in [0.29, 0.717) is 5.92 Å². The van der Waals surface area contributed by atoms with Gasteiger partial charge in [-0.15, -0.1) is 0 Å². The monoisotopic (exact) mass is 191 g/mol. The summed E-state index contributed by atoms with van der Waals surface area (Å²) in [6, 6.07) is 4.37. The summed E-state index contributed by atoms with van der Waals surface area (Å²) in [5, 5.41) is 0. The quantitative estimate of drug-likeness (QED) is 0.738. The Morgan fingerprint density at radius 2 is 2.21 bits per heavy atom. The molecule has 1 aromatic carbocycles. The lowest BCUT2D eigenvalue weighted by molar-refractivity contribution is 0.267. The van der Waals surface area contributed by atoms with E-state index in [4.69, 9.17) is 10.5 Å². The van der Waals surface area contributed by atoms with Gasteiger partial charge < -0.3 is 10.5 Å². The summed E-state index contributed by atoms with van der Waals surface area (Å²) >= 11 is 0. The molecule has 0 amide bonds. The molecule has 0 bridgehead atoms. The van der Waals surface area contributed by atoms with Gasteiger partial charge in [-0.05, 0) is 37.9 Å². The molecule has 2 N–H and O–H groups in total. The summed E-state index contributed by atoms with van der Waals surface area (Å²) in [7, 11) is 0. The number of aryl methyl sites for hydroxylation is 2. The molecule has 1 aliphatic rings. The molecule has 2 nitrogen and oxygen atoms in total. The average Bonchev–Trinajstić information content (AvgIpc) is 2.17. The van der Waals surface area contributed by atoms with Crippen molar-refractivity contribution in [3.63, 3.8) is 0 Å². The van der Waals surface area contributed by atoms with Gasteiger partial charge in [0.2, 0.25) is 0 Å². The highest BCUT2D eigenvalue weighted by Gasteiger charge is 2.21. The second-order valence-electron chi connectivity index (χ2n) is 4.07. The predicted octanol–water partition coefficient (Wildman–Crippen LogP) is 2.13. The third-order valence-corrected chi connectivity index (χ3v) is 2.88. The van der Waals surface area contributed by atoms with Gasteiger partial charge in [-0.2, -0.15) is 0 Å². The standard InChI is InChI=1S/C12H17NO/c1-8-5-9(2)12-11(6-8)10(7-13)3-4-14-12/h5-6,10H,3-4,7,13H2,1-2H3. The van der Waals surface area contributed by atoms with Crippen molar-refractivity contribution in [3.8, 4) is 5.75 Å². The molecule has 2 heteroatoms. The van der Waals surface area contributed by atoms with Gasteiger partial charge in [0.05, 0.1) is 6.61 Å². The van der Waals surface area contributed by atoms with Crippen molar-refractivity contribution in [2.45, 2.75) is 26.2 Å². The highest BCUT2D eigenvalue weighted by Crippen LogP contribution is 2.36. The predicted molar refractivity (Wildman–Crippen MR) is 57.8 cm³/mol. The summed E-state index contributed by atoms with van der Waals surface area (Å²) < 4.78 is 5.69. The Kier molecular flexibility index (Phi) is 2.46. The van der Waals surface area contributed by atoms with Gasteiger partial charge in [0.15, 0.2) is 0 Å². The van der Waals surface area contributed by atoms with Crippen LogP contribution in [0.15, 0.2) is 12.1 Å². The summed E-state index contributed by atoms with van der Waals surface area (Å²) in [5.41, 5.74) is 9.60. The minimum absolute atomic E-state index is 0.484. The summed E-state index contributed by atoms with van der Waals surface area (Å²) in [4.78, 5) is 0. The van der Waals surface area contributed by atoms with Crippen LogP contribution in [0.25, 0.3) is 0 Å². The van der Waals surface area contributed by atoms with Crippen LogP contribution in [-0.2, 0) is 0 Å². The first kappa shape index (κ1) is 9.53. The molecule has 1 aromatic rings. The minimum Gasteiger partial charge on any atom is -0.493 e. The normalized spacial score (nSPS) is 20.1. The number of fused-ring (bicyclic) bond motifs is 1. The molecule has 0 aliphatic carbocycles. The lowest BCUT2D eigenvalue weighted by atomic mass is 9.90. The van der Waals surface area contributed by atoms with E-state index in [1.807, 2.05) is 0 Å². The van der Waals surface area contributed by atoms with E-state index in [1.165, 1.54) is 16.7 Å². The maximum absolute atomic E-state index is 5.76. The first-order valence-corrected chi connectivity index (χ1v) is 5.16. The number of hydrogen-bond donors (Lipinski definition) is 1. The van der Waals surface area contributed by atoms with E-state index >= 15 is 0 Å². The number of rotatable bonds is 1. The van der Waals surface area contributed by atoms with Gasteiger partial charge in [0.1, 0.15) is 5.75 Å². The Balaban J connectivity index is 2.51. The van der Waals surface area contributed by atoms with Crippen molar-refractivity contribution in [3.05, 3.63) is 28.8 Å². The van der Waals surface area contributed by atoms with Gasteiger partial charge in [-0.1, -0.05) is 17.7 Å². The zero-order chi connectivity index (χ0) is 10.1. The number of nitrogens with two attached hydrogens (primary N) is 1. The van der Waals surface area contributed by atoms with Crippen LogP contribution in [0.1, 0.15) is 29.0 Å². The largest absolute Gasteiger partial charge is 0.493 e. The van der Waals surface area contributed by atoms with E-state index in [2.05, 4.69) is 26.0 Å². The van der Waals surface area contributed by atoms with Gasteiger partial charge >= 0.3 is 0 Å². The lowest BCUT2D eigenvalue weighted by Gasteiger charge is -2.26. The average molecular weight is 191 g/mol. The summed E-state index contributed by atoms with van der Waals surface area (Å²) in [5.74, 6) is 1.55. The highest BCUT2D eigenvalue weighted by molar-refractivity contribution is 5.46. The minimum atomic E-state index is 0.484. The molecule has 0 saturated heterocycles. The SMILES string of the molecule is Cc1cc(C)c2c(c1)C(CN)CCO2. The summed E-state index contributed by atoms with van der Waals surface area (Å²) in [6.07, 6.45) is 1.05. The highest BCUT2D eigenvalue weighted by atomic mass is 16.5. The van der Waals surface area contributed by atoms with Crippen molar-refractivity contribution in [1.82, 2.24) is 0 Å². The van der Waals surface area contributed by atoms with Gasteiger partial charge in [0, 0.05) is 5.92 Å². The molecule has 76 valence electrons. The molecule has 0 radical (unpaired) electrons. The van der Waals surface area contributed by atoms with E-state index in [0.717, 1.165) is 25.3 Å². The Morgan fingerprint density at radius 1 is 1.43 bits per heavy atom. The van der Waals surface area contributed by atoms with E-state index in [-0.39, 0.29) is 0 Å². The molecule has 2 rings (SSSR count). The first-order chi connectivity index (χ1) is 6.72. The molecular formula is C12H17NO. The molecule has 1 atom stereocenters. The lowest BCUT2D eigenvalue weighted by Crippen LogP contribution is -2.21. The Hall–Kier alpha value is -1.02. The molecule has 1 aliphatic heterocycles. The fourth-order valence-corrected chi connectivity index (χ4v) is 2.19. The van der Waals surface area contributed by atoms with E-state index in [1.54, 1.807) is 0 Å². The van der Waals surface area contributed by atoms with Gasteiger partial charge in [0.25, 0.3) is 0 Å². The third-order valence-electron chi connectivity index (χ3n) is 2.88. The van der Waals surface area contributed by atoms with Crippen molar-refractivity contribution in [2.75, 3.05) is 13.2 Å². The van der Waals surface area contributed by atoms with Crippen molar-refractivity contribution in [2.24, 2.45) is 5.73 Å². The maximum atomic E-state index is 5.76. The number of hydrogen-bond acceptors (Lipinski definition) is 2. The van der Waals surface area contributed by atoms with Crippen LogP contribution in [-0.4, -0.2) is 13.2 Å². The second-order valence-corrected chi connectivity index (χ2v) is 4.07. The smallest absolute Gasteiger partial charge is 0.125 e. The fourth-order valence-electron chi connectivity index (χ4n) is 2.19. The van der Waals surface area contributed by atoms with Crippen LogP contribution in [0, 0.1) is 13.8 Å². The van der Waals surface area contributed by atoms with Crippen LogP contribution in [0.4, 0.5) is 0 Å². The molecule has 0 spiro atoms. The molecule has 0 saturated carbocycles. The second kappa shape index (κ2) is 3.62. The van der Waals surface area contributed by atoms with Gasteiger partial charge in [-0.25, -0.2) is 0 Å². The molecule has 0 aromatic heterocycles. The Bertz CT molecular complexity index is 346. The maximum Gasteiger partial charge on any atom is 0.125 e. The van der Waals surface area contributed by atoms with Crippen LogP contribution in [0.3, 0.4) is 0 Å². The molecular weight excluding hydrogens is 174 g/mol. The van der Waals surface area contributed by atoms with Gasteiger partial charge in [-0.3, -0.25) is 0 Å². The topological polar surface area (TPSA) is 35.2 Å². The first-order valence-electron chi connectivity index (χ1n) is 5.16. The third kappa shape index (κ3) is 1.50. The zero-order valence-corrected chi connectivity index (χ0v) is 8.84. The van der Waals surface area contributed by atoms with Crippen LogP contribution in [0.2, 0.25) is 0 Å². The molecule has 14 heavy (non-hydrogen) atoms. The Labute approximate surface area is 85.1 Å². The van der Waals surface area contributed by atoms with Crippen LogP contribution < -0.4 is 10.5 Å². The number of ether oxygens (including phenoxy) is 1. The summed E-state index contributed by atoms with van der Waals surface area (Å²) in [6.45, 7) is 5.75. The molecule has 1 unspecified atom stereocenters. The fraction of sp³-hybridized carbons (Fsp3) is 0.500. The van der Waals surface area contributed by atoms with E-state index < -0.39 is 0 Å².